The third-order valence-corrected chi connectivity index (χ3v) is 5.30. The molecular formula is C18H17ClS2. The molecule has 0 nitrogen and oxygen atoms in total. The van der Waals surface area contributed by atoms with Crippen LogP contribution in [0.3, 0.4) is 0 Å². The Kier molecular flexibility index (Phi) is 7.01. The van der Waals surface area contributed by atoms with Gasteiger partial charge in [0.1, 0.15) is 0 Å². The molecule has 0 N–H and O–H groups in total. The van der Waals surface area contributed by atoms with Gasteiger partial charge in [-0.25, -0.2) is 0 Å². The highest BCUT2D eigenvalue weighted by atomic mass is 35.5. The molecule has 0 saturated heterocycles. The molecule has 0 aromatic heterocycles. The molecule has 2 aromatic carbocycles. The van der Waals surface area contributed by atoms with Crippen molar-refractivity contribution in [3.63, 3.8) is 0 Å². The first-order valence-electron chi connectivity index (χ1n) is 6.63. The molecule has 0 amide bonds. The highest BCUT2D eigenvalue weighted by Crippen LogP contribution is 2.34. The van der Waals surface area contributed by atoms with Crippen molar-refractivity contribution in [2.24, 2.45) is 0 Å². The second-order valence-corrected chi connectivity index (χ2v) is 7.24. The third kappa shape index (κ3) is 6.47. The highest BCUT2D eigenvalue weighted by Gasteiger charge is 2.03. The van der Waals surface area contributed by atoms with Gasteiger partial charge in [0, 0.05) is 20.8 Å². The SMILES string of the molecule is C=C(Cl)C=C(SCc1ccccc1)SCc1ccccc1. The molecule has 21 heavy (non-hydrogen) atoms. The first-order valence-corrected chi connectivity index (χ1v) is 8.98. The number of hydrogen-bond donors (Lipinski definition) is 0. The van der Waals surface area contributed by atoms with Crippen molar-refractivity contribution >= 4 is 35.1 Å². The number of benzene rings is 2. The molecule has 0 radical (unpaired) electrons. The average Bonchev–Trinajstić information content (AvgIpc) is 2.51. The molecule has 2 aromatic rings. The average molecular weight is 333 g/mol. The first kappa shape index (κ1) is 16.3. The molecule has 108 valence electrons. The van der Waals surface area contributed by atoms with Crippen LogP contribution in [-0.4, -0.2) is 0 Å². The lowest BCUT2D eigenvalue weighted by atomic mass is 10.2. The van der Waals surface area contributed by atoms with Crippen LogP contribution in [-0.2, 0) is 11.5 Å². The van der Waals surface area contributed by atoms with Crippen molar-refractivity contribution in [1.82, 2.24) is 0 Å². The summed E-state index contributed by atoms with van der Waals surface area (Å²) >= 11 is 9.54. The normalized spacial score (nSPS) is 10.1. The molecule has 0 spiro atoms. The van der Waals surface area contributed by atoms with E-state index in [0.717, 1.165) is 11.5 Å². The van der Waals surface area contributed by atoms with Crippen molar-refractivity contribution in [1.29, 1.82) is 0 Å². The van der Waals surface area contributed by atoms with E-state index in [1.165, 1.54) is 15.4 Å². The van der Waals surface area contributed by atoms with Gasteiger partial charge in [-0.1, -0.05) is 78.8 Å². The molecule has 0 bridgehead atoms. The summed E-state index contributed by atoms with van der Waals surface area (Å²) in [5, 5.41) is 0.575. The van der Waals surface area contributed by atoms with E-state index in [1.807, 2.05) is 18.2 Å². The highest BCUT2D eigenvalue weighted by molar-refractivity contribution is 8.21. The van der Waals surface area contributed by atoms with E-state index >= 15 is 0 Å². The summed E-state index contributed by atoms with van der Waals surface area (Å²) in [4.78, 5) is 0. The van der Waals surface area contributed by atoms with Crippen molar-refractivity contribution in [2.75, 3.05) is 0 Å². The van der Waals surface area contributed by atoms with Crippen LogP contribution in [0, 0.1) is 0 Å². The molecule has 0 saturated carbocycles. The molecule has 0 unspecified atom stereocenters. The minimum Gasteiger partial charge on any atom is -0.114 e. The zero-order valence-corrected chi connectivity index (χ0v) is 14.1. The van der Waals surface area contributed by atoms with Crippen LogP contribution >= 0.6 is 35.1 Å². The third-order valence-electron chi connectivity index (χ3n) is 2.72. The van der Waals surface area contributed by atoms with Crippen molar-refractivity contribution in [3.8, 4) is 0 Å². The number of allylic oxidation sites excluding steroid dienone is 2. The Balaban J connectivity index is 1.94. The second kappa shape index (κ2) is 9.04. The van der Waals surface area contributed by atoms with Crippen LogP contribution in [0.4, 0.5) is 0 Å². The molecule has 2 rings (SSSR count). The molecule has 0 fully saturated rings. The smallest absolute Gasteiger partial charge is 0.0422 e. The van der Waals surface area contributed by atoms with Gasteiger partial charge in [-0.3, -0.25) is 0 Å². The van der Waals surface area contributed by atoms with Crippen LogP contribution in [0.2, 0.25) is 0 Å². The summed E-state index contributed by atoms with van der Waals surface area (Å²) in [6, 6.07) is 20.9. The van der Waals surface area contributed by atoms with Gasteiger partial charge in [-0.15, -0.1) is 23.5 Å². The van der Waals surface area contributed by atoms with Gasteiger partial charge < -0.3 is 0 Å². The van der Waals surface area contributed by atoms with Crippen LogP contribution in [0.15, 0.2) is 82.6 Å². The summed E-state index contributed by atoms with van der Waals surface area (Å²) in [6.07, 6.45) is 1.95. The summed E-state index contributed by atoms with van der Waals surface area (Å²) in [5.74, 6) is 1.89. The van der Waals surface area contributed by atoms with Crippen LogP contribution in [0.5, 0.6) is 0 Å². The maximum Gasteiger partial charge on any atom is 0.0422 e. The minimum absolute atomic E-state index is 0.575. The molecule has 0 atom stereocenters. The largest absolute Gasteiger partial charge is 0.114 e. The summed E-state index contributed by atoms with van der Waals surface area (Å²) in [6.45, 7) is 3.77. The number of rotatable bonds is 7. The second-order valence-electron chi connectivity index (χ2n) is 4.46. The van der Waals surface area contributed by atoms with Gasteiger partial charge in [0.05, 0.1) is 0 Å². The Bertz CT molecular complexity index is 546. The Morgan fingerprint density at radius 1 is 0.857 bits per heavy atom. The van der Waals surface area contributed by atoms with Crippen molar-refractivity contribution in [2.45, 2.75) is 11.5 Å². The van der Waals surface area contributed by atoms with Gasteiger partial charge in [-0.2, -0.15) is 0 Å². The number of halogens is 1. The molecular weight excluding hydrogens is 316 g/mol. The van der Waals surface area contributed by atoms with Gasteiger partial charge in [0.15, 0.2) is 0 Å². The molecule has 0 aliphatic heterocycles. The molecule has 0 heterocycles. The summed E-state index contributed by atoms with van der Waals surface area (Å²) in [5.41, 5.74) is 2.63. The maximum absolute atomic E-state index is 5.94. The topological polar surface area (TPSA) is 0 Å². The van der Waals surface area contributed by atoms with Crippen LogP contribution < -0.4 is 0 Å². The van der Waals surface area contributed by atoms with Gasteiger partial charge >= 0.3 is 0 Å². The lowest BCUT2D eigenvalue weighted by molar-refractivity contribution is 1.42. The first-order chi connectivity index (χ1) is 10.2. The monoisotopic (exact) mass is 332 g/mol. The standard InChI is InChI=1S/C18H17ClS2/c1-15(19)12-18(20-13-16-8-4-2-5-9-16)21-14-17-10-6-3-7-11-17/h2-12H,1,13-14H2. The van der Waals surface area contributed by atoms with E-state index in [-0.39, 0.29) is 0 Å². The van der Waals surface area contributed by atoms with E-state index < -0.39 is 0 Å². The van der Waals surface area contributed by atoms with Crippen LogP contribution in [0.1, 0.15) is 11.1 Å². The Morgan fingerprint density at radius 3 is 1.67 bits per heavy atom. The van der Waals surface area contributed by atoms with Crippen LogP contribution in [0.25, 0.3) is 0 Å². The van der Waals surface area contributed by atoms with Crippen molar-refractivity contribution < 1.29 is 0 Å². The Labute approximate surface area is 140 Å². The van der Waals surface area contributed by atoms with E-state index in [4.69, 9.17) is 11.6 Å². The predicted octanol–water partition coefficient (Wildman–Crippen LogP) is 6.45. The minimum atomic E-state index is 0.575. The van der Waals surface area contributed by atoms with E-state index in [2.05, 4.69) is 55.1 Å². The Hall–Kier alpha value is -1.09. The number of hydrogen-bond acceptors (Lipinski definition) is 2. The maximum atomic E-state index is 5.94. The quantitative estimate of drug-likeness (QED) is 0.534. The van der Waals surface area contributed by atoms with E-state index in [9.17, 15) is 0 Å². The Morgan fingerprint density at radius 2 is 1.29 bits per heavy atom. The summed E-state index contributed by atoms with van der Waals surface area (Å²) in [7, 11) is 0. The predicted molar refractivity (Wildman–Crippen MR) is 98.6 cm³/mol. The fourth-order valence-electron chi connectivity index (χ4n) is 1.71. The fraction of sp³-hybridized carbons (Fsp3) is 0.111. The van der Waals surface area contributed by atoms with Crippen molar-refractivity contribution in [3.05, 3.63) is 93.7 Å². The van der Waals surface area contributed by atoms with E-state index in [1.54, 1.807) is 23.5 Å². The van der Waals surface area contributed by atoms with Gasteiger partial charge in [0.2, 0.25) is 0 Å². The molecule has 3 heteroatoms. The van der Waals surface area contributed by atoms with E-state index in [0.29, 0.717) is 5.03 Å². The zero-order chi connectivity index (χ0) is 14.9. The zero-order valence-electron chi connectivity index (χ0n) is 11.7. The molecule has 0 aliphatic carbocycles. The fourth-order valence-corrected chi connectivity index (χ4v) is 4.09. The van der Waals surface area contributed by atoms with Gasteiger partial charge in [-0.05, 0) is 17.2 Å². The number of thioether (sulfide) groups is 2. The lowest BCUT2D eigenvalue weighted by Crippen LogP contribution is -1.82. The summed E-state index contributed by atoms with van der Waals surface area (Å²) < 4.78 is 1.20. The lowest BCUT2D eigenvalue weighted by Gasteiger charge is -2.07. The van der Waals surface area contributed by atoms with Gasteiger partial charge in [0.25, 0.3) is 0 Å². The molecule has 0 aliphatic rings.